The molecule has 0 spiro atoms. The Bertz CT molecular complexity index is 234. The molecule has 72 valence electrons. The first-order valence-corrected chi connectivity index (χ1v) is 4.53. The zero-order valence-electron chi connectivity index (χ0n) is 8.37. The molecule has 0 aliphatic carbocycles. The lowest BCUT2D eigenvalue weighted by Crippen LogP contribution is -2.22. The highest BCUT2D eigenvalue weighted by molar-refractivity contribution is 5.93. The predicted molar refractivity (Wildman–Crippen MR) is 53.6 cm³/mol. The van der Waals surface area contributed by atoms with Gasteiger partial charge in [0.2, 0.25) is 0 Å². The van der Waals surface area contributed by atoms with Crippen LogP contribution in [0.2, 0.25) is 0 Å². The van der Waals surface area contributed by atoms with Crippen LogP contribution in [0, 0.1) is 0 Å². The fourth-order valence-corrected chi connectivity index (χ4v) is 0.766. The molecular weight excluding hydrogens is 164 g/mol. The molecule has 1 rings (SSSR count). The Balaban J connectivity index is 0.000000671. The number of pyridine rings is 1. The molecule has 1 aromatic heterocycles. The number of nitrogens with one attached hydrogen (secondary N) is 1. The fraction of sp³-hybridized carbons (Fsp3) is 0.400. The molecule has 0 atom stereocenters. The number of hydrogen-bond acceptors (Lipinski definition) is 2. The molecule has 1 heterocycles. The van der Waals surface area contributed by atoms with Gasteiger partial charge in [-0.2, -0.15) is 0 Å². The number of nitrogens with zero attached hydrogens (tertiary/aromatic N) is 1. The zero-order chi connectivity index (χ0) is 10.1. The second kappa shape index (κ2) is 7.28. The average Bonchev–Trinajstić information content (AvgIpc) is 2.23. The van der Waals surface area contributed by atoms with Crippen molar-refractivity contribution in [2.75, 3.05) is 6.54 Å². The van der Waals surface area contributed by atoms with Crippen LogP contribution < -0.4 is 5.32 Å². The molecule has 1 amide bonds. The molecule has 0 aromatic carbocycles. The molecular formula is C10H16N2O. The maximum absolute atomic E-state index is 11.1. The first-order valence-electron chi connectivity index (χ1n) is 4.53. The van der Waals surface area contributed by atoms with Gasteiger partial charge in [-0.25, -0.2) is 0 Å². The maximum atomic E-state index is 11.1. The van der Waals surface area contributed by atoms with Crippen LogP contribution in [0.4, 0.5) is 0 Å². The summed E-state index contributed by atoms with van der Waals surface area (Å²) in [6, 6.07) is 3.37. The summed E-state index contributed by atoms with van der Waals surface area (Å²) in [7, 11) is 0. The van der Waals surface area contributed by atoms with Crippen molar-refractivity contribution in [1.29, 1.82) is 0 Å². The number of aromatic nitrogens is 1. The summed E-state index contributed by atoms with van der Waals surface area (Å²) in [5.41, 5.74) is 0.654. The Morgan fingerprint density at radius 2 is 1.92 bits per heavy atom. The molecule has 0 saturated carbocycles. The van der Waals surface area contributed by atoms with Crippen LogP contribution in [0.5, 0.6) is 0 Å². The molecule has 3 heteroatoms. The topological polar surface area (TPSA) is 42.0 Å². The summed E-state index contributed by atoms with van der Waals surface area (Å²) in [5.74, 6) is -0.0464. The molecule has 3 nitrogen and oxygen atoms in total. The summed E-state index contributed by atoms with van der Waals surface area (Å²) in [6.07, 6.45) is 3.20. The number of carbonyl (C=O) groups is 1. The molecule has 0 bridgehead atoms. The van der Waals surface area contributed by atoms with Gasteiger partial charge in [0.05, 0.1) is 0 Å². The minimum absolute atomic E-state index is 0.0464. The Kier molecular flexibility index (Phi) is 6.51. The number of hydrogen-bond donors (Lipinski definition) is 1. The van der Waals surface area contributed by atoms with E-state index in [9.17, 15) is 4.79 Å². The predicted octanol–water partition coefficient (Wildman–Crippen LogP) is 1.86. The van der Waals surface area contributed by atoms with Crippen molar-refractivity contribution in [2.45, 2.75) is 20.8 Å². The summed E-state index contributed by atoms with van der Waals surface area (Å²) in [5, 5.41) is 2.70. The molecule has 0 unspecified atom stereocenters. The van der Waals surface area contributed by atoms with E-state index in [1.165, 1.54) is 0 Å². The smallest absolute Gasteiger partial charge is 0.251 e. The van der Waals surface area contributed by atoms with Crippen molar-refractivity contribution in [3.63, 3.8) is 0 Å². The van der Waals surface area contributed by atoms with Crippen molar-refractivity contribution in [3.05, 3.63) is 30.1 Å². The van der Waals surface area contributed by atoms with E-state index in [0.717, 1.165) is 0 Å². The monoisotopic (exact) mass is 180 g/mol. The largest absolute Gasteiger partial charge is 0.352 e. The molecule has 0 fully saturated rings. The van der Waals surface area contributed by atoms with E-state index in [0.29, 0.717) is 12.1 Å². The lowest BCUT2D eigenvalue weighted by atomic mass is 10.2. The van der Waals surface area contributed by atoms with Gasteiger partial charge in [0, 0.05) is 24.5 Å². The van der Waals surface area contributed by atoms with Gasteiger partial charge in [0.25, 0.3) is 5.91 Å². The number of rotatable bonds is 2. The molecule has 0 aliphatic rings. The highest BCUT2D eigenvalue weighted by atomic mass is 16.1. The van der Waals surface area contributed by atoms with Crippen molar-refractivity contribution in [2.24, 2.45) is 0 Å². The van der Waals surface area contributed by atoms with Crippen molar-refractivity contribution >= 4 is 5.91 Å². The van der Waals surface area contributed by atoms with Crippen LogP contribution >= 0.6 is 0 Å². The molecule has 0 aliphatic heterocycles. The van der Waals surface area contributed by atoms with E-state index in [1.807, 2.05) is 20.8 Å². The van der Waals surface area contributed by atoms with Crippen LogP contribution in [0.1, 0.15) is 31.1 Å². The van der Waals surface area contributed by atoms with Gasteiger partial charge in [0.15, 0.2) is 0 Å². The number of amides is 1. The van der Waals surface area contributed by atoms with Crippen molar-refractivity contribution in [1.82, 2.24) is 10.3 Å². The van der Waals surface area contributed by atoms with Gasteiger partial charge in [-0.1, -0.05) is 13.8 Å². The van der Waals surface area contributed by atoms with Gasteiger partial charge in [-0.05, 0) is 19.1 Å². The van der Waals surface area contributed by atoms with Crippen molar-refractivity contribution < 1.29 is 4.79 Å². The molecule has 0 radical (unpaired) electrons. The summed E-state index contributed by atoms with van der Waals surface area (Å²) in [4.78, 5) is 14.9. The van der Waals surface area contributed by atoms with Crippen molar-refractivity contribution in [3.8, 4) is 0 Å². The third-order valence-corrected chi connectivity index (χ3v) is 1.28. The molecule has 0 saturated heterocycles. The Hall–Kier alpha value is -1.38. The lowest BCUT2D eigenvalue weighted by molar-refractivity contribution is 0.0955. The fourth-order valence-electron chi connectivity index (χ4n) is 0.766. The van der Waals surface area contributed by atoms with E-state index in [1.54, 1.807) is 24.5 Å². The van der Waals surface area contributed by atoms with Crippen LogP contribution in [0.3, 0.4) is 0 Å². The van der Waals surface area contributed by atoms with E-state index < -0.39 is 0 Å². The Morgan fingerprint density at radius 3 is 2.38 bits per heavy atom. The Labute approximate surface area is 79.2 Å². The van der Waals surface area contributed by atoms with Gasteiger partial charge in [-0.15, -0.1) is 0 Å². The standard InChI is InChI=1S/C8H10N2O.C2H6/c1-2-10-8(11)7-3-5-9-6-4-7;1-2/h3-6H,2H2,1H3,(H,10,11);1-2H3. The lowest BCUT2D eigenvalue weighted by Gasteiger charge is -1.99. The molecule has 1 aromatic rings. The minimum Gasteiger partial charge on any atom is -0.352 e. The highest BCUT2D eigenvalue weighted by Gasteiger charge is 2.00. The van der Waals surface area contributed by atoms with E-state index >= 15 is 0 Å². The minimum atomic E-state index is -0.0464. The highest BCUT2D eigenvalue weighted by Crippen LogP contribution is 1.94. The first-order chi connectivity index (χ1) is 6.34. The van der Waals surface area contributed by atoms with Crippen LogP contribution in [-0.2, 0) is 0 Å². The number of carbonyl (C=O) groups excluding carboxylic acids is 1. The van der Waals surface area contributed by atoms with E-state index in [2.05, 4.69) is 10.3 Å². The average molecular weight is 180 g/mol. The zero-order valence-corrected chi connectivity index (χ0v) is 8.37. The molecule has 13 heavy (non-hydrogen) atoms. The van der Waals surface area contributed by atoms with Crippen LogP contribution in [0.25, 0.3) is 0 Å². The second-order valence-corrected chi connectivity index (χ2v) is 2.10. The Morgan fingerprint density at radius 1 is 1.38 bits per heavy atom. The summed E-state index contributed by atoms with van der Waals surface area (Å²) >= 11 is 0. The van der Waals surface area contributed by atoms with Gasteiger partial charge >= 0.3 is 0 Å². The van der Waals surface area contributed by atoms with Gasteiger partial charge in [-0.3, -0.25) is 9.78 Å². The first kappa shape index (κ1) is 11.6. The summed E-state index contributed by atoms with van der Waals surface area (Å²) < 4.78 is 0. The maximum Gasteiger partial charge on any atom is 0.251 e. The van der Waals surface area contributed by atoms with Gasteiger partial charge in [0.1, 0.15) is 0 Å². The van der Waals surface area contributed by atoms with Gasteiger partial charge < -0.3 is 5.32 Å². The van der Waals surface area contributed by atoms with E-state index in [-0.39, 0.29) is 5.91 Å². The molecule has 1 N–H and O–H groups in total. The second-order valence-electron chi connectivity index (χ2n) is 2.10. The van der Waals surface area contributed by atoms with Crippen LogP contribution in [0.15, 0.2) is 24.5 Å². The summed E-state index contributed by atoms with van der Waals surface area (Å²) in [6.45, 7) is 6.54. The quantitative estimate of drug-likeness (QED) is 0.754. The third kappa shape index (κ3) is 4.25. The third-order valence-electron chi connectivity index (χ3n) is 1.28. The van der Waals surface area contributed by atoms with E-state index in [4.69, 9.17) is 0 Å². The SMILES string of the molecule is CC.CCNC(=O)c1ccncc1. The normalized spacial score (nSPS) is 8.23. The van der Waals surface area contributed by atoms with Crippen LogP contribution in [-0.4, -0.2) is 17.4 Å².